The van der Waals surface area contributed by atoms with Gasteiger partial charge in [-0.25, -0.2) is 0 Å². The Bertz CT molecular complexity index is 950. The summed E-state index contributed by atoms with van der Waals surface area (Å²) in [5, 5.41) is 15.3. The Hall–Kier alpha value is -1.85. The molecule has 0 unspecified atom stereocenters. The molecule has 6 nitrogen and oxygen atoms in total. The van der Waals surface area contributed by atoms with E-state index in [1.807, 2.05) is 6.07 Å². The van der Waals surface area contributed by atoms with Gasteiger partial charge in [-0.1, -0.05) is 37.5 Å². The van der Waals surface area contributed by atoms with Crippen molar-refractivity contribution >= 4 is 29.9 Å². The summed E-state index contributed by atoms with van der Waals surface area (Å²) >= 11 is 0. The molecule has 33 heavy (non-hydrogen) atoms. The van der Waals surface area contributed by atoms with Crippen molar-refractivity contribution in [3.63, 3.8) is 0 Å². The normalized spacial score (nSPS) is 18.2. The molecule has 0 radical (unpaired) electrons. The smallest absolute Gasteiger partial charge is 0.356 e. The standard InChI is InChI=1S/C23H31F3N6.HI/c1-27-21(28-15-20-31-30-19-10-3-6-13-32(19)20)29-16-22(11-4-2-5-12-22)17-8-7-9-18(14-17)23(24,25)26;/h7-9,14H,2-6,10-13,15-16H2,1H3,(H2,27,28,29);1H. The number of nitrogens with zero attached hydrogens (tertiary/aromatic N) is 4. The van der Waals surface area contributed by atoms with Gasteiger partial charge in [-0.3, -0.25) is 4.99 Å². The van der Waals surface area contributed by atoms with E-state index in [9.17, 15) is 13.2 Å². The molecule has 1 fully saturated rings. The third-order valence-electron chi connectivity index (χ3n) is 6.78. The number of guanidine groups is 1. The molecule has 1 saturated carbocycles. The molecular weight excluding hydrogens is 544 g/mol. The van der Waals surface area contributed by atoms with Crippen molar-refractivity contribution in [2.24, 2.45) is 4.99 Å². The van der Waals surface area contributed by atoms with E-state index in [4.69, 9.17) is 0 Å². The van der Waals surface area contributed by atoms with E-state index in [0.717, 1.165) is 81.2 Å². The van der Waals surface area contributed by atoms with Crippen LogP contribution in [0.25, 0.3) is 0 Å². The van der Waals surface area contributed by atoms with Crippen LogP contribution in [0.5, 0.6) is 0 Å². The molecule has 2 N–H and O–H groups in total. The van der Waals surface area contributed by atoms with Gasteiger partial charge in [-0.05, 0) is 37.3 Å². The highest BCUT2D eigenvalue weighted by Crippen LogP contribution is 2.41. The molecule has 1 aromatic heterocycles. The molecule has 0 atom stereocenters. The molecule has 10 heteroatoms. The first-order valence-electron chi connectivity index (χ1n) is 11.4. The quantitative estimate of drug-likeness (QED) is 0.305. The summed E-state index contributed by atoms with van der Waals surface area (Å²) in [7, 11) is 1.70. The molecule has 0 spiro atoms. The molecule has 2 aromatic rings. The number of hydrogen-bond acceptors (Lipinski definition) is 3. The minimum Gasteiger partial charge on any atom is -0.356 e. The molecule has 0 saturated heterocycles. The zero-order chi connectivity index (χ0) is 22.6. The van der Waals surface area contributed by atoms with Gasteiger partial charge in [-0.2, -0.15) is 13.2 Å². The summed E-state index contributed by atoms with van der Waals surface area (Å²) in [5.41, 5.74) is -0.175. The lowest BCUT2D eigenvalue weighted by molar-refractivity contribution is -0.137. The molecule has 182 valence electrons. The summed E-state index contributed by atoms with van der Waals surface area (Å²) in [6.07, 6.45) is 3.74. The zero-order valence-electron chi connectivity index (χ0n) is 18.9. The van der Waals surface area contributed by atoms with Crippen molar-refractivity contribution in [1.29, 1.82) is 0 Å². The van der Waals surface area contributed by atoms with E-state index in [2.05, 4.69) is 30.4 Å². The number of hydrogen-bond donors (Lipinski definition) is 2. The first kappa shape index (κ1) is 25.8. The fraction of sp³-hybridized carbons (Fsp3) is 0.609. The molecule has 0 bridgehead atoms. The monoisotopic (exact) mass is 576 g/mol. The van der Waals surface area contributed by atoms with Crippen molar-refractivity contribution in [2.45, 2.75) is 76.0 Å². The second-order valence-electron chi connectivity index (χ2n) is 8.84. The third-order valence-corrected chi connectivity index (χ3v) is 6.78. The lowest BCUT2D eigenvalue weighted by Crippen LogP contribution is -2.46. The molecule has 1 aliphatic carbocycles. The minimum absolute atomic E-state index is 0. The molecule has 0 amide bonds. The van der Waals surface area contributed by atoms with E-state index in [0.29, 0.717) is 19.0 Å². The van der Waals surface area contributed by atoms with Crippen LogP contribution in [0.1, 0.15) is 67.7 Å². The summed E-state index contributed by atoms with van der Waals surface area (Å²) in [6, 6.07) is 5.83. The number of rotatable bonds is 5. The Balaban J connectivity index is 0.00000306. The largest absolute Gasteiger partial charge is 0.416 e. The van der Waals surface area contributed by atoms with Gasteiger partial charge < -0.3 is 15.2 Å². The second-order valence-corrected chi connectivity index (χ2v) is 8.84. The molecule has 1 aliphatic heterocycles. The topological polar surface area (TPSA) is 67.1 Å². The lowest BCUT2D eigenvalue weighted by Gasteiger charge is -2.38. The maximum atomic E-state index is 13.3. The first-order chi connectivity index (χ1) is 15.4. The fourth-order valence-electron chi connectivity index (χ4n) is 4.96. The number of nitrogens with one attached hydrogen (secondary N) is 2. The maximum absolute atomic E-state index is 13.3. The number of halogens is 4. The number of alkyl halides is 3. The summed E-state index contributed by atoms with van der Waals surface area (Å²) in [4.78, 5) is 4.32. The van der Waals surface area contributed by atoms with Crippen LogP contribution in [0.2, 0.25) is 0 Å². The maximum Gasteiger partial charge on any atom is 0.416 e. The van der Waals surface area contributed by atoms with E-state index in [1.54, 1.807) is 7.05 Å². The van der Waals surface area contributed by atoms with Crippen molar-refractivity contribution < 1.29 is 13.2 Å². The average Bonchev–Trinajstić information content (AvgIpc) is 3.22. The summed E-state index contributed by atoms with van der Waals surface area (Å²) in [5.74, 6) is 2.53. The third kappa shape index (κ3) is 5.99. The van der Waals surface area contributed by atoms with Gasteiger partial charge in [-0.15, -0.1) is 34.2 Å². The van der Waals surface area contributed by atoms with Crippen LogP contribution in [-0.2, 0) is 31.1 Å². The van der Waals surface area contributed by atoms with Gasteiger partial charge >= 0.3 is 6.18 Å². The molecular formula is C23H32F3IN6. The predicted octanol–water partition coefficient (Wildman–Crippen LogP) is 4.82. The molecule has 2 aliphatic rings. The van der Waals surface area contributed by atoms with Crippen LogP contribution < -0.4 is 10.6 Å². The predicted molar refractivity (Wildman–Crippen MR) is 133 cm³/mol. The Morgan fingerprint density at radius 3 is 2.61 bits per heavy atom. The summed E-state index contributed by atoms with van der Waals surface area (Å²) < 4.78 is 42.1. The summed E-state index contributed by atoms with van der Waals surface area (Å²) in [6.45, 7) is 1.97. The highest BCUT2D eigenvalue weighted by molar-refractivity contribution is 14.0. The van der Waals surface area contributed by atoms with Gasteiger partial charge in [0.2, 0.25) is 0 Å². The average molecular weight is 576 g/mol. The highest BCUT2D eigenvalue weighted by atomic mass is 127. The fourth-order valence-corrected chi connectivity index (χ4v) is 4.96. The van der Waals surface area contributed by atoms with Gasteiger partial charge in [0, 0.05) is 32.0 Å². The Morgan fingerprint density at radius 1 is 1.09 bits per heavy atom. The molecule has 1 aromatic carbocycles. The van der Waals surface area contributed by atoms with Crippen molar-refractivity contribution in [3.8, 4) is 0 Å². The number of aryl methyl sites for hydroxylation is 1. The van der Waals surface area contributed by atoms with Crippen LogP contribution in [0.3, 0.4) is 0 Å². The van der Waals surface area contributed by atoms with Crippen molar-refractivity contribution in [2.75, 3.05) is 13.6 Å². The van der Waals surface area contributed by atoms with Gasteiger partial charge in [0.25, 0.3) is 0 Å². The zero-order valence-corrected chi connectivity index (χ0v) is 21.2. The van der Waals surface area contributed by atoms with E-state index in [1.165, 1.54) is 12.1 Å². The second kappa shape index (κ2) is 11.1. The minimum atomic E-state index is -4.34. The number of aliphatic imine (C=N–C) groups is 1. The van der Waals surface area contributed by atoms with Gasteiger partial charge in [0.1, 0.15) is 5.82 Å². The van der Waals surface area contributed by atoms with E-state index in [-0.39, 0.29) is 29.4 Å². The number of fused-ring (bicyclic) bond motifs is 1. The van der Waals surface area contributed by atoms with Crippen LogP contribution in [0.4, 0.5) is 13.2 Å². The Morgan fingerprint density at radius 2 is 1.88 bits per heavy atom. The van der Waals surface area contributed by atoms with E-state index >= 15 is 0 Å². The SMILES string of the molecule is CN=C(NCc1nnc2n1CCCC2)NCC1(c2cccc(C(F)(F)F)c2)CCCCC1.I. The molecule has 4 rings (SSSR count). The van der Waals surface area contributed by atoms with Crippen LogP contribution in [-0.4, -0.2) is 34.3 Å². The van der Waals surface area contributed by atoms with Crippen molar-refractivity contribution in [1.82, 2.24) is 25.4 Å². The van der Waals surface area contributed by atoms with Crippen LogP contribution >= 0.6 is 24.0 Å². The van der Waals surface area contributed by atoms with Crippen molar-refractivity contribution in [3.05, 3.63) is 47.0 Å². The Kier molecular flexibility index (Phi) is 8.63. The van der Waals surface area contributed by atoms with Gasteiger partial charge in [0.05, 0.1) is 12.1 Å². The lowest BCUT2D eigenvalue weighted by atomic mass is 9.69. The highest BCUT2D eigenvalue weighted by Gasteiger charge is 2.37. The van der Waals surface area contributed by atoms with Crippen LogP contribution in [0.15, 0.2) is 29.3 Å². The number of benzene rings is 1. The van der Waals surface area contributed by atoms with Gasteiger partial charge in [0.15, 0.2) is 11.8 Å². The molecule has 2 heterocycles. The first-order valence-corrected chi connectivity index (χ1v) is 11.4. The Labute approximate surface area is 209 Å². The number of aromatic nitrogens is 3. The van der Waals surface area contributed by atoms with E-state index < -0.39 is 11.7 Å². The van der Waals surface area contributed by atoms with Crippen LogP contribution in [0, 0.1) is 0 Å².